The Morgan fingerprint density at radius 1 is 0.828 bits per heavy atom. The zero-order valence-electron chi connectivity index (χ0n) is 18.1. The number of rotatable bonds is 16. The van der Waals surface area contributed by atoms with Crippen LogP contribution in [0, 0.1) is 6.92 Å². The van der Waals surface area contributed by atoms with Gasteiger partial charge in [-0.25, -0.2) is 0 Å². The monoisotopic (exact) mass is 424 g/mol. The molecule has 0 bridgehead atoms. The zero-order valence-corrected chi connectivity index (χ0v) is 18.9. The van der Waals surface area contributed by atoms with Crippen molar-refractivity contribution in [3.63, 3.8) is 0 Å². The lowest BCUT2D eigenvalue weighted by atomic mass is 10.1. The van der Waals surface area contributed by atoms with Gasteiger partial charge in [0.1, 0.15) is 5.75 Å². The van der Waals surface area contributed by atoms with E-state index in [0.29, 0.717) is 23.8 Å². The van der Waals surface area contributed by atoms with Gasteiger partial charge in [0.25, 0.3) is 0 Å². The molecular weight excluding hydrogens is 388 g/mol. The SMILES string of the molecule is CCCCCCCCCCCCOC(=O)CCCC(=O)Oc1ccc(Cl)c(C)c1. The molecule has 0 heterocycles. The summed E-state index contributed by atoms with van der Waals surface area (Å²) in [6, 6.07) is 5.08. The van der Waals surface area contributed by atoms with E-state index in [2.05, 4.69) is 6.92 Å². The van der Waals surface area contributed by atoms with Crippen LogP contribution in [0.15, 0.2) is 18.2 Å². The Morgan fingerprint density at radius 2 is 1.41 bits per heavy atom. The number of ether oxygens (including phenoxy) is 2. The van der Waals surface area contributed by atoms with Crippen LogP contribution >= 0.6 is 11.6 Å². The summed E-state index contributed by atoms with van der Waals surface area (Å²) in [6.07, 6.45) is 13.4. The molecule has 0 saturated carbocycles. The van der Waals surface area contributed by atoms with Gasteiger partial charge >= 0.3 is 11.9 Å². The van der Waals surface area contributed by atoms with E-state index in [9.17, 15) is 9.59 Å². The molecule has 0 fully saturated rings. The summed E-state index contributed by atoms with van der Waals surface area (Å²) in [4.78, 5) is 23.6. The third kappa shape index (κ3) is 13.3. The zero-order chi connectivity index (χ0) is 21.3. The molecule has 0 atom stereocenters. The lowest BCUT2D eigenvalue weighted by Gasteiger charge is -2.07. The van der Waals surface area contributed by atoms with Crippen LogP contribution < -0.4 is 4.74 Å². The smallest absolute Gasteiger partial charge is 0.311 e. The van der Waals surface area contributed by atoms with Crippen LogP contribution in [0.2, 0.25) is 5.02 Å². The molecule has 0 aromatic heterocycles. The third-order valence-electron chi connectivity index (χ3n) is 4.88. The molecule has 1 aromatic rings. The van der Waals surface area contributed by atoms with Crippen molar-refractivity contribution in [2.45, 2.75) is 97.3 Å². The lowest BCUT2D eigenvalue weighted by Crippen LogP contribution is -2.10. The Hall–Kier alpha value is -1.55. The van der Waals surface area contributed by atoms with Gasteiger partial charge in [-0.1, -0.05) is 76.3 Å². The van der Waals surface area contributed by atoms with E-state index in [0.717, 1.165) is 18.4 Å². The van der Waals surface area contributed by atoms with Crippen LogP contribution in [0.3, 0.4) is 0 Å². The Kier molecular flexibility index (Phi) is 14.3. The van der Waals surface area contributed by atoms with Gasteiger partial charge in [-0.05, 0) is 43.5 Å². The first-order valence-electron chi connectivity index (χ1n) is 11.2. The molecule has 0 aliphatic rings. The Bertz CT molecular complexity index is 601. The number of esters is 2. The molecule has 0 radical (unpaired) electrons. The first kappa shape index (κ1) is 25.5. The largest absolute Gasteiger partial charge is 0.466 e. The minimum atomic E-state index is -0.353. The van der Waals surface area contributed by atoms with Crippen molar-refractivity contribution < 1.29 is 19.1 Å². The predicted octanol–water partition coefficient (Wildman–Crippen LogP) is 7.19. The number of hydrogen-bond donors (Lipinski definition) is 0. The summed E-state index contributed by atoms with van der Waals surface area (Å²) in [5, 5.41) is 0.634. The van der Waals surface area contributed by atoms with Crippen molar-refractivity contribution in [1.29, 1.82) is 0 Å². The Labute approximate surface area is 181 Å². The van der Waals surface area contributed by atoms with Crippen molar-refractivity contribution >= 4 is 23.5 Å². The van der Waals surface area contributed by atoms with Crippen LogP contribution in [0.1, 0.15) is 96.0 Å². The summed E-state index contributed by atoms with van der Waals surface area (Å²) in [6.45, 7) is 4.57. The molecule has 29 heavy (non-hydrogen) atoms. The van der Waals surface area contributed by atoms with Gasteiger partial charge in [-0.2, -0.15) is 0 Å². The molecule has 1 rings (SSSR count). The highest BCUT2D eigenvalue weighted by molar-refractivity contribution is 6.31. The number of carbonyl (C=O) groups excluding carboxylic acids is 2. The van der Waals surface area contributed by atoms with E-state index in [-0.39, 0.29) is 24.8 Å². The van der Waals surface area contributed by atoms with Gasteiger partial charge in [0.15, 0.2) is 0 Å². The van der Waals surface area contributed by atoms with Gasteiger partial charge in [0.2, 0.25) is 0 Å². The average Bonchev–Trinajstić information content (AvgIpc) is 2.69. The maximum absolute atomic E-state index is 11.8. The van der Waals surface area contributed by atoms with Crippen LogP contribution in [0.4, 0.5) is 0 Å². The molecule has 0 unspecified atom stereocenters. The second-order valence-corrected chi connectivity index (χ2v) is 8.05. The van der Waals surface area contributed by atoms with Crippen LogP contribution in [-0.4, -0.2) is 18.5 Å². The van der Waals surface area contributed by atoms with Crippen molar-refractivity contribution in [2.75, 3.05) is 6.61 Å². The highest BCUT2D eigenvalue weighted by atomic mass is 35.5. The second kappa shape index (κ2) is 16.3. The third-order valence-corrected chi connectivity index (χ3v) is 5.31. The number of hydrogen-bond acceptors (Lipinski definition) is 4. The summed E-state index contributed by atoms with van der Waals surface area (Å²) in [5.41, 5.74) is 0.854. The standard InChI is InChI=1S/C24H37ClO4/c1-3-4-5-6-7-8-9-10-11-12-18-28-23(26)14-13-15-24(27)29-21-16-17-22(25)20(2)19-21/h16-17,19H,3-15,18H2,1-2H3. The van der Waals surface area contributed by atoms with Gasteiger partial charge in [0.05, 0.1) is 6.61 Å². The van der Waals surface area contributed by atoms with E-state index in [1.54, 1.807) is 18.2 Å². The van der Waals surface area contributed by atoms with E-state index in [1.807, 2.05) is 6.92 Å². The number of carbonyl (C=O) groups is 2. The van der Waals surface area contributed by atoms with Crippen molar-refractivity contribution in [2.24, 2.45) is 0 Å². The lowest BCUT2D eigenvalue weighted by molar-refractivity contribution is -0.144. The van der Waals surface area contributed by atoms with E-state index < -0.39 is 0 Å². The topological polar surface area (TPSA) is 52.6 Å². The van der Waals surface area contributed by atoms with Crippen molar-refractivity contribution in [3.8, 4) is 5.75 Å². The number of aryl methyl sites for hydroxylation is 1. The molecule has 0 saturated heterocycles. The highest BCUT2D eigenvalue weighted by Crippen LogP contribution is 2.21. The van der Waals surface area contributed by atoms with Crippen LogP contribution in [0.5, 0.6) is 5.75 Å². The summed E-state index contributed by atoms with van der Waals surface area (Å²) in [5.74, 6) is -0.120. The fourth-order valence-corrected chi connectivity index (χ4v) is 3.21. The molecular formula is C24H37ClO4. The molecule has 0 amide bonds. The fourth-order valence-electron chi connectivity index (χ4n) is 3.09. The van der Waals surface area contributed by atoms with Crippen molar-refractivity contribution in [3.05, 3.63) is 28.8 Å². The Morgan fingerprint density at radius 3 is 2.03 bits per heavy atom. The fraction of sp³-hybridized carbons (Fsp3) is 0.667. The highest BCUT2D eigenvalue weighted by Gasteiger charge is 2.09. The minimum absolute atomic E-state index is 0.190. The van der Waals surface area contributed by atoms with Crippen LogP contribution in [-0.2, 0) is 14.3 Å². The first-order chi connectivity index (χ1) is 14.0. The van der Waals surface area contributed by atoms with E-state index >= 15 is 0 Å². The second-order valence-electron chi connectivity index (χ2n) is 7.64. The van der Waals surface area contributed by atoms with Gasteiger partial charge in [0, 0.05) is 17.9 Å². The van der Waals surface area contributed by atoms with Gasteiger partial charge in [-0.15, -0.1) is 0 Å². The molecule has 0 N–H and O–H groups in total. The number of benzene rings is 1. The van der Waals surface area contributed by atoms with E-state index in [4.69, 9.17) is 21.1 Å². The quantitative estimate of drug-likeness (QED) is 0.160. The molecule has 0 aliphatic carbocycles. The summed E-state index contributed by atoms with van der Waals surface area (Å²) >= 11 is 5.95. The van der Waals surface area contributed by atoms with E-state index in [1.165, 1.54) is 51.4 Å². The van der Waals surface area contributed by atoms with Crippen LogP contribution in [0.25, 0.3) is 0 Å². The average molecular weight is 425 g/mol. The van der Waals surface area contributed by atoms with Gasteiger partial charge in [-0.3, -0.25) is 9.59 Å². The maximum Gasteiger partial charge on any atom is 0.311 e. The Balaban J connectivity index is 1.96. The van der Waals surface area contributed by atoms with Crippen molar-refractivity contribution in [1.82, 2.24) is 0 Å². The minimum Gasteiger partial charge on any atom is -0.466 e. The summed E-state index contributed by atoms with van der Waals surface area (Å²) < 4.78 is 10.5. The maximum atomic E-state index is 11.8. The molecule has 164 valence electrons. The number of unbranched alkanes of at least 4 members (excludes halogenated alkanes) is 9. The van der Waals surface area contributed by atoms with Gasteiger partial charge < -0.3 is 9.47 Å². The molecule has 0 aliphatic heterocycles. The molecule has 0 spiro atoms. The molecule has 5 heteroatoms. The number of halogens is 1. The molecule has 4 nitrogen and oxygen atoms in total. The predicted molar refractivity (Wildman–Crippen MR) is 118 cm³/mol. The normalized spacial score (nSPS) is 10.7. The first-order valence-corrected chi connectivity index (χ1v) is 11.5. The summed E-state index contributed by atoms with van der Waals surface area (Å²) in [7, 11) is 0. The molecule has 1 aromatic carbocycles.